The average Bonchev–Trinajstić information content (AvgIpc) is 2.04. The summed E-state index contributed by atoms with van der Waals surface area (Å²) in [7, 11) is 0. The normalized spacial score (nSPS) is 20.1. The van der Waals surface area contributed by atoms with Crippen molar-refractivity contribution in [1.29, 1.82) is 0 Å². The van der Waals surface area contributed by atoms with Crippen LogP contribution in [-0.2, 0) is 11.2 Å². The van der Waals surface area contributed by atoms with Gasteiger partial charge in [0.2, 0.25) is 0 Å². The Bertz CT molecular complexity index is 345. The van der Waals surface area contributed by atoms with Crippen LogP contribution in [0, 0.1) is 0 Å². The number of aliphatic carboxylic acids is 1. The third kappa shape index (κ3) is 1.77. The Labute approximate surface area is 82.8 Å². The number of carboxylic acid groups (broad SMARTS) is 1. The first-order chi connectivity index (χ1) is 6.77. The van der Waals surface area contributed by atoms with Crippen LogP contribution in [-0.4, -0.2) is 17.6 Å². The molecule has 0 radical (unpaired) electrons. The molecule has 3 nitrogen and oxygen atoms in total. The van der Waals surface area contributed by atoms with Crippen LogP contribution < -0.4 is 5.32 Å². The summed E-state index contributed by atoms with van der Waals surface area (Å²) in [4.78, 5) is 10.6. The fraction of sp³-hybridized carbons (Fsp3) is 0.364. The van der Waals surface area contributed by atoms with E-state index in [9.17, 15) is 4.79 Å². The summed E-state index contributed by atoms with van der Waals surface area (Å²) in [5, 5.41) is 12.0. The lowest BCUT2D eigenvalue weighted by molar-refractivity contribution is -0.136. The van der Waals surface area contributed by atoms with E-state index in [-0.39, 0.29) is 6.42 Å². The number of nitrogens with one attached hydrogen (secondary N) is 1. The van der Waals surface area contributed by atoms with E-state index >= 15 is 0 Å². The number of hydrogen-bond acceptors (Lipinski definition) is 2. The van der Waals surface area contributed by atoms with E-state index in [0.717, 1.165) is 24.1 Å². The summed E-state index contributed by atoms with van der Waals surface area (Å²) in [6.45, 7) is 1.03. The van der Waals surface area contributed by atoms with Crippen molar-refractivity contribution in [3.63, 3.8) is 0 Å². The molecule has 1 aliphatic heterocycles. The van der Waals surface area contributed by atoms with Crippen molar-refractivity contribution >= 4 is 5.97 Å². The first kappa shape index (κ1) is 9.21. The largest absolute Gasteiger partial charge is 0.481 e. The molecule has 1 saturated heterocycles. The van der Waals surface area contributed by atoms with Crippen LogP contribution in [0.2, 0.25) is 0 Å². The van der Waals surface area contributed by atoms with Crippen molar-refractivity contribution in [3.05, 3.63) is 35.4 Å². The van der Waals surface area contributed by atoms with Gasteiger partial charge in [0.05, 0.1) is 6.42 Å². The Balaban J connectivity index is 2.23. The standard InChI is InChI=1S/C11H13NO2/c13-11(14)7-8-3-1-2-4-9(8)10-5-6-12-10/h1-4,10,12H,5-7H2,(H,13,14)/t10-/m1/s1. The molecule has 2 N–H and O–H groups in total. The van der Waals surface area contributed by atoms with E-state index in [1.807, 2.05) is 24.3 Å². The van der Waals surface area contributed by atoms with E-state index in [2.05, 4.69) is 5.32 Å². The third-order valence-corrected chi connectivity index (χ3v) is 2.60. The Morgan fingerprint density at radius 1 is 1.50 bits per heavy atom. The minimum atomic E-state index is -0.767. The van der Waals surface area contributed by atoms with Gasteiger partial charge in [-0.25, -0.2) is 0 Å². The van der Waals surface area contributed by atoms with Crippen molar-refractivity contribution < 1.29 is 9.90 Å². The second kappa shape index (κ2) is 3.80. The monoisotopic (exact) mass is 191 g/mol. The van der Waals surface area contributed by atoms with Crippen molar-refractivity contribution in [3.8, 4) is 0 Å². The molecule has 1 aromatic rings. The highest BCUT2D eigenvalue weighted by molar-refractivity contribution is 5.70. The summed E-state index contributed by atoms with van der Waals surface area (Å²) in [5.74, 6) is -0.767. The number of rotatable bonds is 3. The molecule has 1 aromatic carbocycles. The molecule has 0 bridgehead atoms. The quantitative estimate of drug-likeness (QED) is 0.758. The lowest BCUT2D eigenvalue weighted by Gasteiger charge is -2.29. The second-order valence-electron chi connectivity index (χ2n) is 3.56. The number of carboxylic acids is 1. The molecule has 1 atom stereocenters. The van der Waals surface area contributed by atoms with Gasteiger partial charge < -0.3 is 10.4 Å². The summed E-state index contributed by atoms with van der Waals surface area (Å²) in [6.07, 6.45) is 1.23. The lowest BCUT2D eigenvalue weighted by Crippen LogP contribution is -2.35. The van der Waals surface area contributed by atoms with Gasteiger partial charge in [-0.1, -0.05) is 24.3 Å². The molecule has 1 heterocycles. The molecule has 1 aliphatic rings. The van der Waals surface area contributed by atoms with Crippen molar-refractivity contribution in [2.45, 2.75) is 18.9 Å². The van der Waals surface area contributed by atoms with Gasteiger partial charge in [-0.15, -0.1) is 0 Å². The summed E-state index contributed by atoms with van der Waals surface area (Å²) in [6, 6.07) is 8.12. The molecule has 14 heavy (non-hydrogen) atoms. The fourth-order valence-electron chi connectivity index (χ4n) is 1.75. The van der Waals surface area contributed by atoms with Gasteiger partial charge in [0, 0.05) is 6.04 Å². The zero-order valence-electron chi connectivity index (χ0n) is 7.86. The zero-order chi connectivity index (χ0) is 9.97. The molecule has 0 saturated carbocycles. The summed E-state index contributed by atoms with van der Waals surface area (Å²) in [5.41, 5.74) is 2.07. The minimum Gasteiger partial charge on any atom is -0.481 e. The minimum absolute atomic E-state index is 0.119. The molecular formula is C11H13NO2. The van der Waals surface area contributed by atoms with Crippen LogP contribution in [0.3, 0.4) is 0 Å². The van der Waals surface area contributed by atoms with Crippen LogP contribution in [0.1, 0.15) is 23.6 Å². The Morgan fingerprint density at radius 2 is 2.21 bits per heavy atom. The maximum Gasteiger partial charge on any atom is 0.307 e. The molecule has 0 unspecified atom stereocenters. The Hall–Kier alpha value is -1.35. The van der Waals surface area contributed by atoms with Crippen LogP contribution in [0.4, 0.5) is 0 Å². The third-order valence-electron chi connectivity index (χ3n) is 2.60. The fourth-order valence-corrected chi connectivity index (χ4v) is 1.75. The highest BCUT2D eigenvalue weighted by Crippen LogP contribution is 2.26. The maximum atomic E-state index is 10.6. The second-order valence-corrected chi connectivity index (χ2v) is 3.56. The van der Waals surface area contributed by atoms with Gasteiger partial charge in [0.15, 0.2) is 0 Å². The van der Waals surface area contributed by atoms with E-state index < -0.39 is 5.97 Å². The first-order valence-corrected chi connectivity index (χ1v) is 4.80. The molecule has 0 spiro atoms. The van der Waals surface area contributed by atoms with E-state index in [1.54, 1.807) is 0 Å². The number of carbonyl (C=O) groups is 1. The Kier molecular flexibility index (Phi) is 2.50. The molecular weight excluding hydrogens is 178 g/mol. The van der Waals surface area contributed by atoms with Crippen molar-refractivity contribution in [2.24, 2.45) is 0 Å². The average molecular weight is 191 g/mol. The highest BCUT2D eigenvalue weighted by Gasteiger charge is 2.21. The summed E-state index contributed by atoms with van der Waals surface area (Å²) >= 11 is 0. The molecule has 3 heteroatoms. The topological polar surface area (TPSA) is 49.3 Å². The highest BCUT2D eigenvalue weighted by atomic mass is 16.4. The van der Waals surface area contributed by atoms with Gasteiger partial charge in [-0.3, -0.25) is 4.79 Å². The van der Waals surface area contributed by atoms with E-state index in [4.69, 9.17) is 5.11 Å². The van der Waals surface area contributed by atoms with Gasteiger partial charge in [-0.2, -0.15) is 0 Å². The van der Waals surface area contributed by atoms with Crippen LogP contribution in [0.5, 0.6) is 0 Å². The predicted molar refractivity (Wildman–Crippen MR) is 53.1 cm³/mol. The van der Waals surface area contributed by atoms with Crippen LogP contribution in [0.25, 0.3) is 0 Å². The molecule has 74 valence electrons. The molecule has 1 fully saturated rings. The van der Waals surface area contributed by atoms with Crippen LogP contribution in [0.15, 0.2) is 24.3 Å². The van der Waals surface area contributed by atoms with Gasteiger partial charge in [0.25, 0.3) is 0 Å². The molecule has 2 rings (SSSR count). The number of benzene rings is 1. The zero-order valence-corrected chi connectivity index (χ0v) is 7.86. The van der Waals surface area contributed by atoms with E-state index in [1.165, 1.54) is 0 Å². The van der Waals surface area contributed by atoms with Gasteiger partial charge in [0.1, 0.15) is 0 Å². The molecule has 0 aromatic heterocycles. The van der Waals surface area contributed by atoms with Crippen molar-refractivity contribution in [1.82, 2.24) is 5.32 Å². The van der Waals surface area contributed by atoms with Crippen LogP contribution >= 0.6 is 0 Å². The predicted octanol–water partition coefficient (Wildman–Crippen LogP) is 1.35. The maximum absolute atomic E-state index is 10.6. The van der Waals surface area contributed by atoms with E-state index in [0.29, 0.717) is 6.04 Å². The lowest BCUT2D eigenvalue weighted by atomic mass is 9.92. The molecule has 0 aliphatic carbocycles. The van der Waals surface area contributed by atoms with Gasteiger partial charge in [-0.05, 0) is 24.1 Å². The summed E-state index contributed by atoms with van der Waals surface area (Å²) < 4.78 is 0. The first-order valence-electron chi connectivity index (χ1n) is 4.80. The van der Waals surface area contributed by atoms with Gasteiger partial charge >= 0.3 is 5.97 Å². The smallest absolute Gasteiger partial charge is 0.307 e. The van der Waals surface area contributed by atoms with Crippen molar-refractivity contribution in [2.75, 3.05) is 6.54 Å². The number of hydrogen-bond donors (Lipinski definition) is 2. The molecule has 0 amide bonds. The Morgan fingerprint density at radius 3 is 2.79 bits per heavy atom. The SMILES string of the molecule is O=C(O)Cc1ccccc1[C@H]1CCN1.